The van der Waals surface area contributed by atoms with Crippen molar-refractivity contribution in [3.8, 4) is 16.9 Å². The quantitative estimate of drug-likeness (QED) is 0.811. The van der Waals surface area contributed by atoms with Crippen molar-refractivity contribution in [1.82, 2.24) is 0 Å². The van der Waals surface area contributed by atoms with Crippen LogP contribution in [-0.4, -0.2) is 11.7 Å². The molecule has 3 heteroatoms. The largest absolute Gasteiger partial charge is 0.507 e. The second-order valence-electron chi connectivity index (χ2n) is 4.23. The highest BCUT2D eigenvalue weighted by Gasteiger charge is 2.31. The lowest BCUT2D eigenvalue weighted by atomic mass is 9.97. The van der Waals surface area contributed by atoms with Gasteiger partial charge in [-0.15, -0.1) is 0 Å². The zero-order chi connectivity index (χ0) is 12.0. The van der Waals surface area contributed by atoms with Crippen molar-refractivity contribution in [3.05, 3.63) is 52.5 Å². The van der Waals surface area contributed by atoms with Crippen LogP contribution in [0.3, 0.4) is 0 Å². The number of nitrogens with two attached hydrogens (primary N) is 1. The molecular weight excluding hydrogens is 234 g/mol. The minimum absolute atomic E-state index is 0.130. The molecule has 1 atom stereocenters. The van der Waals surface area contributed by atoms with Crippen LogP contribution in [0, 0.1) is 0 Å². The summed E-state index contributed by atoms with van der Waals surface area (Å²) in [6.45, 7) is 0.518. The number of benzene rings is 2. The molecule has 0 aliphatic heterocycles. The third kappa shape index (κ3) is 1.38. The molecule has 0 bridgehead atoms. The average molecular weight is 246 g/mol. The summed E-state index contributed by atoms with van der Waals surface area (Å²) in [7, 11) is 0. The third-order valence-electron chi connectivity index (χ3n) is 3.36. The molecule has 0 radical (unpaired) electrons. The Kier molecular flexibility index (Phi) is 2.35. The Labute approximate surface area is 105 Å². The van der Waals surface area contributed by atoms with Crippen LogP contribution in [-0.2, 0) is 0 Å². The van der Waals surface area contributed by atoms with Gasteiger partial charge in [0.15, 0.2) is 0 Å². The number of fused-ring (bicyclic) bond motifs is 3. The summed E-state index contributed by atoms with van der Waals surface area (Å²) >= 11 is 6.24. The molecule has 2 aromatic carbocycles. The first kappa shape index (κ1) is 10.6. The van der Waals surface area contributed by atoms with Gasteiger partial charge in [-0.3, -0.25) is 0 Å². The van der Waals surface area contributed by atoms with E-state index in [0.717, 1.165) is 22.3 Å². The molecule has 1 aliphatic carbocycles. The van der Waals surface area contributed by atoms with Crippen molar-refractivity contribution < 1.29 is 5.11 Å². The lowest BCUT2D eigenvalue weighted by Gasteiger charge is -2.09. The van der Waals surface area contributed by atoms with E-state index in [4.69, 9.17) is 17.3 Å². The molecular formula is C14H12ClNO. The Bertz CT molecular complexity index is 543. The first-order valence-corrected chi connectivity index (χ1v) is 5.92. The third-order valence-corrected chi connectivity index (χ3v) is 3.67. The van der Waals surface area contributed by atoms with E-state index in [0.29, 0.717) is 11.6 Å². The lowest BCUT2D eigenvalue weighted by Crippen LogP contribution is -2.10. The summed E-state index contributed by atoms with van der Waals surface area (Å²) in [5.41, 5.74) is 9.78. The van der Waals surface area contributed by atoms with E-state index in [2.05, 4.69) is 0 Å². The topological polar surface area (TPSA) is 46.2 Å². The second kappa shape index (κ2) is 3.76. The average Bonchev–Trinajstić information content (AvgIpc) is 2.65. The van der Waals surface area contributed by atoms with Gasteiger partial charge in [0.05, 0.1) is 0 Å². The predicted octanol–water partition coefficient (Wildman–Crippen LogP) is 3.12. The van der Waals surface area contributed by atoms with Gasteiger partial charge in [-0.05, 0) is 23.3 Å². The van der Waals surface area contributed by atoms with Crippen molar-refractivity contribution in [2.24, 2.45) is 5.73 Å². The fourth-order valence-electron chi connectivity index (χ4n) is 2.64. The molecule has 2 nitrogen and oxygen atoms in total. The van der Waals surface area contributed by atoms with Gasteiger partial charge in [-0.1, -0.05) is 35.9 Å². The molecule has 1 unspecified atom stereocenters. The Morgan fingerprint density at radius 2 is 1.71 bits per heavy atom. The maximum atomic E-state index is 10.0. The normalized spacial score (nSPS) is 16.7. The van der Waals surface area contributed by atoms with Gasteiger partial charge in [-0.25, -0.2) is 0 Å². The monoisotopic (exact) mass is 245 g/mol. The van der Waals surface area contributed by atoms with E-state index in [9.17, 15) is 5.11 Å². The standard InChI is InChI=1S/C14H12ClNO/c15-11-5-1-3-8-10(7-16)9-4-2-6-12(17)14(9)13(8)11/h1-6,10,17H,7,16H2. The molecule has 0 spiro atoms. The predicted molar refractivity (Wildman–Crippen MR) is 69.5 cm³/mol. The van der Waals surface area contributed by atoms with E-state index in [1.165, 1.54) is 0 Å². The molecule has 2 aromatic rings. The smallest absolute Gasteiger partial charge is 0.123 e. The Balaban J connectivity index is 2.39. The van der Waals surface area contributed by atoms with Crippen molar-refractivity contribution in [2.75, 3.05) is 6.54 Å². The molecule has 0 aromatic heterocycles. The van der Waals surface area contributed by atoms with E-state index < -0.39 is 0 Å². The molecule has 17 heavy (non-hydrogen) atoms. The zero-order valence-corrected chi connectivity index (χ0v) is 9.91. The van der Waals surface area contributed by atoms with Gasteiger partial charge in [0.1, 0.15) is 5.75 Å². The van der Waals surface area contributed by atoms with E-state index in [-0.39, 0.29) is 11.7 Å². The van der Waals surface area contributed by atoms with Crippen LogP contribution >= 0.6 is 11.6 Å². The maximum Gasteiger partial charge on any atom is 0.123 e. The maximum absolute atomic E-state index is 10.0. The summed E-state index contributed by atoms with van der Waals surface area (Å²) in [6.07, 6.45) is 0. The summed E-state index contributed by atoms with van der Waals surface area (Å²) in [4.78, 5) is 0. The van der Waals surface area contributed by atoms with Crippen molar-refractivity contribution in [2.45, 2.75) is 5.92 Å². The number of rotatable bonds is 1. The summed E-state index contributed by atoms with van der Waals surface area (Å²) < 4.78 is 0. The van der Waals surface area contributed by atoms with Crippen LogP contribution in [0.5, 0.6) is 5.75 Å². The zero-order valence-electron chi connectivity index (χ0n) is 9.15. The number of halogens is 1. The van der Waals surface area contributed by atoms with Crippen LogP contribution in [0.15, 0.2) is 36.4 Å². The summed E-state index contributed by atoms with van der Waals surface area (Å²) in [5, 5.41) is 10.7. The van der Waals surface area contributed by atoms with Gasteiger partial charge in [-0.2, -0.15) is 0 Å². The van der Waals surface area contributed by atoms with Gasteiger partial charge in [0, 0.05) is 28.6 Å². The summed E-state index contributed by atoms with van der Waals surface area (Å²) in [6, 6.07) is 11.3. The Hall–Kier alpha value is -1.51. The first-order valence-electron chi connectivity index (χ1n) is 5.54. The number of hydrogen-bond acceptors (Lipinski definition) is 2. The molecule has 86 valence electrons. The van der Waals surface area contributed by atoms with Crippen LogP contribution < -0.4 is 5.73 Å². The minimum atomic E-state index is 0.130. The molecule has 0 fully saturated rings. The van der Waals surface area contributed by atoms with Crippen LogP contribution in [0.25, 0.3) is 11.1 Å². The van der Waals surface area contributed by atoms with Crippen LogP contribution in [0.1, 0.15) is 17.0 Å². The summed E-state index contributed by atoms with van der Waals surface area (Å²) in [5.74, 6) is 0.401. The van der Waals surface area contributed by atoms with Gasteiger partial charge in [0.2, 0.25) is 0 Å². The highest BCUT2D eigenvalue weighted by molar-refractivity contribution is 6.34. The van der Waals surface area contributed by atoms with Gasteiger partial charge >= 0.3 is 0 Å². The number of phenolic OH excluding ortho intramolecular Hbond substituents is 1. The lowest BCUT2D eigenvalue weighted by molar-refractivity contribution is 0.477. The number of hydrogen-bond donors (Lipinski definition) is 2. The molecule has 0 saturated heterocycles. The van der Waals surface area contributed by atoms with E-state index >= 15 is 0 Å². The van der Waals surface area contributed by atoms with Crippen LogP contribution in [0.2, 0.25) is 5.02 Å². The molecule has 1 aliphatic rings. The number of phenols is 1. The minimum Gasteiger partial charge on any atom is -0.507 e. The van der Waals surface area contributed by atoms with Gasteiger partial charge in [0.25, 0.3) is 0 Å². The van der Waals surface area contributed by atoms with Gasteiger partial charge < -0.3 is 10.8 Å². The number of aromatic hydroxyl groups is 1. The Morgan fingerprint density at radius 3 is 2.41 bits per heavy atom. The van der Waals surface area contributed by atoms with E-state index in [1.54, 1.807) is 6.07 Å². The highest BCUT2D eigenvalue weighted by Crippen LogP contribution is 2.50. The second-order valence-corrected chi connectivity index (χ2v) is 4.64. The molecule has 3 rings (SSSR count). The first-order chi connectivity index (χ1) is 8.24. The molecule has 3 N–H and O–H groups in total. The van der Waals surface area contributed by atoms with Crippen molar-refractivity contribution >= 4 is 11.6 Å². The molecule has 0 heterocycles. The van der Waals surface area contributed by atoms with E-state index in [1.807, 2.05) is 30.3 Å². The molecule has 0 amide bonds. The van der Waals surface area contributed by atoms with Crippen molar-refractivity contribution in [3.63, 3.8) is 0 Å². The SMILES string of the molecule is NCC1c2cccc(O)c2-c2c(Cl)cccc21. The van der Waals surface area contributed by atoms with Crippen molar-refractivity contribution in [1.29, 1.82) is 0 Å². The highest BCUT2D eigenvalue weighted by atomic mass is 35.5. The Morgan fingerprint density at radius 1 is 1.06 bits per heavy atom. The fourth-order valence-corrected chi connectivity index (χ4v) is 2.91. The fraction of sp³-hybridized carbons (Fsp3) is 0.143. The molecule has 0 saturated carbocycles. The van der Waals surface area contributed by atoms with Crippen LogP contribution in [0.4, 0.5) is 0 Å².